The van der Waals surface area contributed by atoms with Gasteiger partial charge in [0.15, 0.2) is 0 Å². The summed E-state index contributed by atoms with van der Waals surface area (Å²) in [6.07, 6.45) is 5.57. The number of methoxy groups -OCH3 is 1. The van der Waals surface area contributed by atoms with Gasteiger partial charge in [-0.3, -0.25) is 14.6 Å². The van der Waals surface area contributed by atoms with E-state index in [4.69, 9.17) is 4.74 Å². The van der Waals surface area contributed by atoms with Crippen molar-refractivity contribution in [3.05, 3.63) is 126 Å². The smallest absolute Gasteiger partial charge is 0.247 e. The van der Waals surface area contributed by atoms with Gasteiger partial charge in [0.05, 0.1) is 12.0 Å². The van der Waals surface area contributed by atoms with E-state index in [1.807, 2.05) is 66.7 Å². The first-order valence-electron chi connectivity index (χ1n) is 14.6. The van der Waals surface area contributed by atoms with Crippen LogP contribution in [0.5, 0.6) is 5.75 Å². The number of nitrogens with one attached hydrogen (secondary N) is 2. The van der Waals surface area contributed by atoms with Crippen LogP contribution < -0.4 is 14.8 Å². The third kappa shape index (κ3) is 8.30. The summed E-state index contributed by atoms with van der Waals surface area (Å²) in [4.78, 5) is 33.7. The Morgan fingerprint density at radius 3 is 2.18 bits per heavy atom. The molecule has 1 heterocycles. The van der Waals surface area contributed by atoms with Crippen molar-refractivity contribution < 1.29 is 22.7 Å². The molecule has 4 aromatic rings. The maximum Gasteiger partial charge on any atom is 0.247 e. The molecule has 228 valence electrons. The normalized spacial score (nSPS) is 13.6. The van der Waals surface area contributed by atoms with Gasteiger partial charge in [-0.15, -0.1) is 0 Å². The van der Waals surface area contributed by atoms with Crippen molar-refractivity contribution in [3.8, 4) is 5.75 Å². The third-order valence-corrected chi connectivity index (χ3v) is 9.02. The topological polar surface area (TPSA) is 118 Å². The number of rotatable bonds is 14. The van der Waals surface area contributed by atoms with Crippen LogP contribution in [0.25, 0.3) is 0 Å². The molecule has 9 nitrogen and oxygen atoms in total. The second-order valence-corrected chi connectivity index (χ2v) is 12.5. The molecule has 5 rings (SSSR count). The highest BCUT2D eigenvalue weighted by Gasteiger charge is 2.31. The standard InChI is InChI=1S/C34H36N4O5S/c1-43-30-14-7-27(8-15-30)24-38(32(39)18-11-25-9-16-31(17-10-25)44(41,42)37-29-12-13-29)33(28-5-3-2-4-6-28)34(40)36-23-26-19-21-35-22-20-26/h2-10,14-17,19-22,29,33,37H,11-13,18,23-24H2,1H3,(H,36,40). The molecule has 1 saturated carbocycles. The molecule has 1 aliphatic rings. The molecule has 10 heteroatoms. The lowest BCUT2D eigenvalue weighted by molar-refractivity contribution is -0.141. The summed E-state index contributed by atoms with van der Waals surface area (Å²) in [6, 6.07) is 26.1. The lowest BCUT2D eigenvalue weighted by Gasteiger charge is -2.32. The highest BCUT2D eigenvalue weighted by molar-refractivity contribution is 7.89. The number of pyridine rings is 1. The van der Waals surface area contributed by atoms with E-state index in [-0.39, 0.29) is 35.7 Å². The molecule has 2 N–H and O–H groups in total. The van der Waals surface area contributed by atoms with Crippen LogP contribution in [0.15, 0.2) is 108 Å². The minimum Gasteiger partial charge on any atom is -0.497 e. The van der Waals surface area contributed by atoms with Crippen LogP contribution in [0.1, 0.15) is 47.6 Å². The summed E-state index contributed by atoms with van der Waals surface area (Å²) in [5.74, 6) is 0.188. The van der Waals surface area contributed by atoms with Gasteiger partial charge in [0.25, 0.3) is 0 Å². The molecule has 44 heavy (non-hydrogen) atoms. The first kappa shape index (κ1) is 30.9. The molecule has 0 radical (unpaired) electrons. The minimum absolute atomic E-state index is 0.0217. The van der Waals surface area contributed by atoms with E-state index in [0.29, 0.717) is 24.3 Å². The van der Waals surface area contributed by atoms with Crippen LogP contribution >= 0.6 is 0 Å². The van der Waals surface area contributed by atoms with Crippen molar-refractivity contribution in [1.82, 2.24) is 19.9 Å². The number of hydrogen-bond acceptors (Lipinski definition) is 6. The molecule has 0 spiro atoms. The van der Waals surface area contributed by atoms with Crippen LogP contribution in [0.2, 0.25) is 0 Å². The SMILES string of the molecule is COc1ccc(CN(C(=O)CCc2ccc(S(=O)(=O)NC3CC3)cc2)C(C(=O)NCc2ccncc2)c2ccccc2)cc1. The van der Waals surface area contributed by atoms with Crippen LogP contribution in [-0.2, 0) is 39.1 Å². The average Bonchev–Trinajstić information content (AvgIpc) is 3.87. The molecule has 1 unspecified atom stereocenters. The molecule has 3 aromatic carbocycles. The lowest BCUT2D eigenvalue weighted by Crippen LogP contribution is -2.43. The quantitative estimate of drug-likeness (QED) is 0.216. The number of ether oxygens (including phenoxy) is 1. The van der Waals surface area contributed by atoms with E-state index in [2.05, 4.69) is 15.0 Å². The largest absolute Gasteiger partial charge is 0.497 e. The van der Waals surface area contributed by atoms with Gasteiger partial charge in [0, 0.05) is 37.9 Å². The van der Waals surface area contributed by atoms with Crippen LogP contribution in [0.3, 0.4) is 0 Å². The van der Waals surface area contributed by atoms with Gasteiger partial charge in [-0.1, -0.05) is 54.6 Å². The number of amides is 2. The highest BCUT2D eigenvalue weighted by atomic mass is 32.2. The highest BCUT2D eigenvalue weighted by Crippen LogP contribution is 2.27. The Balaban J connectivity index is 1.37. The molecule has 0 aliphatic heterocycles. The Morgan fingerprint density at radius 1 is 0.886 bits per heavy atom. The predicted octanol–water partition coefficient (Wildman–Crippen LogP) is 4.55. The molecular weight excluding hydrogens is 576 g/mol. The molecule has 1 aliphatic carbocycles. The fourth-order valence-electron chi connectivity index (χ4n) is 4.86. The Bertz CT molecular complexity index is 1640. The number of benzene rings is 3. The zero-order valence-electron chi connectivity index (χ0n) is 24.6. The maximum absolute atomic E-state index is 14.0. The number of aromatic nitrogens is 1. The first-order chi connectivity index (χ1) is 21.3. The molecule has 0 saturated heterocycles. The minimum atomic E-state index is -3.56. The van der Waals surface area contributed by atoms with E-state index >= 15 is 0 Å². The van der Waals surface area contributed by atoms with Crippen molar-refractivity contribution in [2.24, 2.45) is 0 Å². The third-order valence-electron chi connectivity index (χ3n) is 7.48. The summed E-state index contributed by atoms with van der Waals surface area (Å²) in [5.41, 5.74) is 3.26. The summed E-state index contributed by atoms with van der Waals surface area (Å²) in [7, 11) is -1.96. The molecule has 0 bridgehead atoms. The second-order valence-electron chi connectivity index (χ2n) is 10.8. The number of carbonyl (C=O) groups is 2. The van der Waals surface area contributed by atoms with Crippen molar-refractivity contribution in [1.29, 1.82) is 0 Å². The molecular formula is C34H36N4O5S. The maximum atomic E-state index is 14.0. The van der Waals surface area contributed by atoms with E-state index < -0.39 is 16.1 Å². The van der Waals surface area contributed by atoms with Crippen molar-refractivity contribution in [2.45, 2.75) is 55.8 Å². The molecule has 1 atom stereocenters. The van der Waals surface area contributed by atoms with Gasteiger partial charge < -0.3 is 15.0 Å². The Morgan fingerprint density at radius 2 is 1.55 bits per heavy atom. The van der Waals surface area contributed by atoms with E-state index in [1.165, 1.54) is 0 Å². The summed E-state index contributed by atoms with van der Waals surface area (Å²) in [5, 5.41) is 3.01. The second kappa shape index (κ2) is 14.3. The Kier molecular flexibility index (Phi) is 10.0. The number of carbonyl (C=O) groups excluding carboxylic acids is 2. The van der Waals surface area contributed by atoms with Gasteiger partial charge in [-0.05, 0) is 77.9 Å². The average molecular weight is 613 g/mol. The van der Waals surface area contributed by atoms with Gasteiger partial charge in [0.2, 0.25) is 21.8 Å². The zero-order chi connectivity index (χ0) is 30.9. The first-order valence-corrected chi connectivity index (χ1v) is 16.1. The number of nitrogens with zero attached hydrogens (tertiary/aromatic N) is 2. The van der Waals surface area contributed by atoms with Gasteiger partial charge in [0.1, 0.15) is 11.8 Å². The van der Waals surface area contributed by atoms with E-state index in [0.717, 1.165) is 29.5 Å². The lowest BCUT2D eigenvalue weighted by atomic mass is 10.0. The van der Waals surface area contributed by atoms with Crippen molar-refractivity contribution >= 4 is 21.8 Å². The monoisotopic (exact) mass is 612 g/mol. The predicted molar refractivity (Wildman–Crippen MR) is 167 cm³/mol. The van der Waals surface area contributed by atoms with E-state index in [9.17, 15) is 18.0 Å². The Labute approximate surface area is 258 Å². The fourth-order valence-corrected chi connectivity index (χ4v) is 6.17. The van der Waals surface area contributed by atoms with Gasteiger partial charge in [-0.2, -0.15) is 0 Å². The van der Waals surface area contributed by atoms with Crippen molar-refractivity contribution in [3.63, 3.8) is 0 Å². The molecule has 1 aromatic heterocycles. The van der Waals surface area contributed by atoms with Gasteiger partial charge >= 0.3 is 0 Å². The summed E-state index contributed by atoms with van der Waals surface area (Å²) < 4.78 is 33.1. The van der Waals surface area contributed by atoms with E-state index in [1.54, 1.807) is 48.7 Å². The van der Waals surface area contributed by atoms with Crippen LogP contribution in [0.4, 0.5) is 0 Å². The molecule has 2 amide bonds. The van der Waals surface area contributed by atoms with Crippen LogP contribution in [-0.4, -0.2) is 43.3 Å². The number of hydrogen-bond donors (Lipinski definition) is 2. The zero-order valence-corrected chi connectivity index (χ0v) is 25.4. The fraction of sp³-hybridized carbons (Fsp3) is 0.265. The Hall–Kier alpha value is -4.54. The molecule has 1 fully saturated rings. The summed E-state index contributed by atoms with van der Waals surface area (Å²) in [6.45, 7) is 0.495. The number of sulfonamides is 1. The van der Waals surface area contributed by atoms with Crippen LogP contribution in [0, 0.1) is 0 Å². The summed E-state index contributed by atoms with van der Waals surface area (Å²) >= 11 is 0. The number of aryl methyl sites for hydroxylation is 1. The van der Waals surface area contributed by atoms with Crippen molar-refractivity contribution in [2.75, 3.05) is 7.11 Å². The van der Waals surface area contributed by atoms with Gasteiger partial charge in [-0.25, -0.2) is 13.1 Å².